The normalized spacial score (nSPS) is 18.3. The van der Waals surface area contributed by atoms with E-state index < -0.39 is 14.3 Å². The summed E-state index contributed by atoms with van der Waals surface area (Å²) in [4.78, 5) is 11.5. The van der Waals surface area contributed by atoms with E-state index in [0.29, 0.717) is 11.5 Å². The third-order valence-corrected chi connectivity index (χ3v) is 11.9. The Kier molecular flexibility index (Phi) is 7.33. The second-order valence-electron chi connectivity index (χ2n) is 10.1. The van der Waals surface area contributed by atoms with Gasteiger partial charge in [0.25, 0.3) is 8.32 Å². The standard InChI is InChI=1S/C29H34O5Si/c1-29(2,3)35(24-11-7-5-8-12-24,25-13-9-6-10-14-25)34-23-17-16-22(20-23)33-27-19-21(28(30)31)15-18-26(27)32-4/h5-15,18-19,22-23H,16-17,20H2,1-4H3,(H,30,31). The predicted octanol–water partition coefficient (Wildman–Crippen LogP) is 5.27. The van der Waals surface area contributed by atoms with Gasteiger partial charge in [-0.05, 0) is 46.5 Å². The van der Waals surface area contributed by atoms with Gasteiger partial charge in [-0.1, -0.05) is 81.4 Å². The SMILES string of the molecule is COc1ccc(C(=O)O)cc1OC1CCC(O[Si](c2ccccc2)(c2ccccc2)C(C)(C)C)C1. The maximum Gasteiger partial charge on any atom is 0.335 e. The van der Waals surface area contributed by atoms with E-state index in [1.165, 1.54) is 22.5 Å². The summed E-state index contributed by atoms with van der Waals surface area (Å²) < 4.78 is 18.9. The number of carbonyl (C=O) groups is 1. The van der Waals surface area contributed by atoms with Crippen LogP contribution in [0.5, 0.6) is 11.5 Å². The van der Waals surface area contributed by atoms with E-state index in [9.17, 15) is 9.90 Å². The molecule has 0 saturated heterocycles. The van der Waals surface area contributed by atoms with Crippen LogP contribution in [0.4, 0.5) is 0 Å². The van der Waals surface area contributed by atoms with Gasteiger partial charge in [-0.25, -0.2) is 4.79 Å². The third kappa shape index (κ3) is 5.14. The molecule has 1 saturated carbocycles. The van der Waals surface area contributed by atoms with Crippen molar-refractivity contribution in [3.05, 3.63) is 84.4 Å². The van der Waals surface area contributed by atoms with Crippen molar-refractivity contribution in [1.29, 1.82) is 0 Å². The van der Waals surface area contributed by atoms with Crippen LogP contribution in [0.15, 0.2) is 78.9 Å². The highest BCUT2D eigenvalue weighted by Gasteiger charge is 2.52. The summed E-state index contributed by atoms with van der Waals surface area (Å²) >= 11 is 0. The van der Waals surface area contributed by atoms with Gasteiger partial charge in [0.2, 0.25) is 0 Å². The molecule has 0 spiro atoms. The molecule has 1 N–H and O–H groups in total. The van der Waals surface area contributed by atoms with Crippen LogP contribution < -0.4 is 19.8 Å². The Labute approximate surface area is 208 Å². The number of carboxylic acid groups (broad SMARTS) is 1. The Balaban J connectivity index is 1.62. The molecule has 3 aromatic carbocycles. The first kappa shape index (κ1) is 25.0. The van der Waals surface area contributed by atoms with Crippen LogP contribution in [0.3, 0.4) is 0 Å². The second-order valence-corrected chi connectivity index (χ2v) is 14.4. The van der Waals surface area contributed by atoms with Crippen LogP contribution in [0.25, 0.3) is 0 Å². The maximum atomic E-state index is 11.5. The van der Waals surface area contributed by atoms with E-state index in [1.54, 1.807) is 13.2 Å². The van der Waals surface area contributed by atoms with E-state index in [-0.39, 0.29) is 22.8 Å². The van der Waals surface area contributed by atoms with Gasteiger partial charge >= 0.3 is 5.97 Å². The first-order valence-corrected chi connectivity index (χ1v) is 14.0. The summed E-state index contributed by atoms with van der Waals surface area (Å²) in [5.41, 5.74) is 0.180. The fourth-order valence-electron chi connectivity index (χ4n) is 5.14. The first-order valence-electron chi connectivity index (χ1n) is 12.1. The average Bonchev–Trinajstić information content (AvgIpc) is 3.29. The molecule has 2 unspecified atom stereocenters. The zero-order chi connectivity index (χ0) is 25.1. The first-order chi connectivity index (χ1) is 16.7. The molecule has 1 aliphatic carbocycles. The lowest BCUT2D eigenvalue weighted by atomic mass is 10.2. The van der Waals surface area contributed by atoms with E-state index in [4.69, 9.17) is 13.9 Å². The lowest BCUT2D eigenvalue weighted by molar-refractivity contribution is 0.0695. The van der Waals surface area contributed by atoms with Crippen LogP contribution in [0.2, 0.25) is 5.04 Å². The summed E-state index contributed by atoms with van der Waals surface area (Å²) in [6.45, 7) is 6.85. The van der Waals surface area contributed by atoms with Gasteiger partial charge in [-0.2, -0.15) is 0 Å². The maximum absolute atomic E-state index is 11.5. The minimum absolute atomic E-state index is 0.0416. The minimum atomic E-state index is -2.64. The monoisotopic (exact) mass is 490 g/mol. The van der Waals surface area contributed by atoms with Crippen molar-refractivity contribution < 1.29 is 23.8 Å². The van der Waals surface area contributed by atoms with Gasteiger partial charge < -0.3 is 19.0 Å². The summed E-state index contributed by atoms with van der Waals surface area (Å²) in [6, 6.07) is 26.0. The van der Waals surface area contributed by atoms with Gasteiger partial charge in [0.05, 0.1) is 12.7 Å². The van der Waals surface area contributed by atoms with E-state index in [0.717, 1.165) is 19.3 Å². The topological polar surface area (TPSA) is 65.0 Å². The number of benzene rings is 3. The van der Waals surface area contributed by atoms with Crippen LogP contribution in [0.1, 0.15) is 50.4 Å². The van der Waals surface area contributed by atoms with Crippen molar-refractivity contribution >= 4 is 24.7 Å². The summed E-state index contributed by atoms with van der Waals surface area (Å²) in [7, 11) is -1.07. The largest absolute Gasteiger partial charge is 0.493 e. The van der Waals surface area contributed by atoms with E-state index >= 15 is 0 Å². The van der Waals surface area contributed by atoms with Gasteiger partial charge in [0.1, 0.15) is 6.10 Å². The quantitative estimate of drug-likeness (QED) is 0.436. The molecule has 1 aliphatic rings. The highest BCUT2D eigenvalue weighted by atomic mass is 28.4. The molecule has 0 aliphatic heterocycles. The second kappa shape index (κ2) is 10.3. The Bertz CT molecular complexity index is 1100. The lowest BCUT2D eigenvalue weighted by Crippen LogP contribution is -2.67. The molecular weight excluding hydrogens is 456 g/mol. The molecule has 2 atom stereocenters. The van der Waals surface area contributed by atoms with Crippen molar-refractivity contribution in [3.63, 3.8) is 0 Å². The van der Waals surface area contributed by atoms with Crippen LogP contribution in [-0.4, -0.2) is 38.7 Å². The molecule has 0 amide bonds. The van der Waals surface area contributed by atoms with Crippen molar-refractivity contribution in [3.8, 4) is 11.5 Å². The fourth-order valence-corrected chi connectivity index (χ4v) is 9.87. The molecule has 0 heterocycles. The number of rotatable bonds is 8. The molecular formula is C29H34O5Si. The van der Waals surface area contributed by atoms with Crippen LogP contribution in [-0.2, 0) is 4.43 Å². The Morgan fingerprint density at radius 1 is 0.857 bits per heavy atom. The summed E-state index contributed by atoms with van der Waals surface area (Å²) in [5.74, 6) is 0.00617. The van der Waals surface area contributed by atoms with Gasteiger partial charge in [0.15, 0.2) is 11.5 Å². The van der Waals surface area contributed by atoms with E-state index in [1.807, 2.05) is 12.1 Å². The molecule has 3 aromatic rings. The summed E-state index contributed by atoms with van der Waals surface area (Å²) in [5, 5.41) is 11.8. The molecule has 5 nitrogen and oxygen atoms in total. The average molecular weight is 491 g/mol. The van der Waals surface area contributed by atoms with Crippen molar-refractivity contribution in [2.75, 3.05) is 7.11 Å². The minimum Gasteiger partial charge on any atom is -0.493 e. The Hall–Kier alpha value is -3.09. The third-order valence-electron chi connectivity index (χ3n) is 6.80. The zero-order valence-electron chi connectivity index (χ0n) is 20.9. The molecule has 0 radical (unpaired) electrons. The van der Waals surface area contributed by atoms with Gasteiger partial charge in [0, 0.05) is 12.5 Å². The van der Waals surface area contributed by atoms with Crippen molar-refractivity contribution in [2.24, 2.45) is 0 Å². The number of carboxylic acids is 1. The van der Waals surface area contributed by atoms with E-state index in [2.05, 4.69) is 69.3 Å². The molecule has 6 heteroatoms. The number of methoxy groups -OCH3 is 1. The molecule has 0 bridgehead atoms. The molecule has 4 rings (SSSR count). The highest BCUT2D eigenvalue weighted by molar-refractivity contribution is 6.99. The molecule has 1 fully saturated rings. The van der Waals surface area contributed by atoms with Crippen molar-refractivity contribution in [1.82, 2.24) is 0 Å². The Morgan fingerprint density at radius 2 is 1.43 bits per heavy atom. The van der Waals surface area contributed by atoms with Crippen molar-refractivity contribution in [2.45, 2.75) is 57.3 Å². The number of ether oxygens (including phenoxy) is 2. The van der Waals surface area contributed by atoms with Crippen LogP contribution in [0, 0.1) is 0 Å². The highest BCUT2D eigenvalue weighted by Crippen LogP contribution is 2.40. The smallest absolute Gasteiger partial charge is 0.335 e. The number of hydrogen-bond acceptors (Lipinski definition) is 4. The zero-order valence-corrected chi connectivity index (χ0v) is 21.9. The van der Waals surface area contributed by atoms with Gasteiger partial charge in [-0.15, -0.1) is 0 Å². The number of aromatic carboxylic acids is 1. The Morgan fingerprint density at radius 3 is 1.94 bits per heavy atom. The molecule has 35 heavy (non-hydrogen) atoms. The fraction of sp³-hybridized carbons (Fsp3) is 0.345. The molecule has 0 aromatic heterocycles. The van der Waals surface area contributed by atoms with Gasteiger partial charge in [-0.3, -0.25) is 0 Å². The number of hydrogen-bond donors (Lipinski definition) is 1. The lowest BCUT2D eigenvalue weighted by Gasteiger charge is -2.44. The molecule has 184 valence electrons. The van der Waals surface area contributed by atoms with Crippen LogP contribution >= 0.6 is 0 Å². The summed E-state index contributed by atoms with van der Waals surface area (Å²) in [6.07, 6.45) is 2.43. The predicted molar refractivity (Wildman–Crippen MR) is 141 cm³/mol.